The second-order valence-corrected chi connectivity index (χ2v) is 9.18. The van der Waals surface area contributed by atoms with Crippen LogP contribution in [-0.2, 0) is 6.54 Å². The van der Waals surface area contributed by atoms with Crippen LogP contribution < -0.4 is 5.32 Å². The minimum Gasteiger partial charge on any atom is -0.390 e. The Morgan fingerprint density at radius 3 is 2.90 bits per heavy atom. The molecule has 0 amide bonds. The predicted molar refractivity (Wildman–Crippen MR) is 121 cm³/mol. The van der Waals surface area contributed by atoms with Gasteiger partial charge in [-0.1, -0.05) is 47.2 Å². The molecule has 2 aromatic carbocycles. The van der Waals surface area contributed by atoms with Gasteiger partial charge in [0.1, 0.15) is 5.01 Å². The number of carbonyl (C=O) groups is 1. The fourth-order valence-electron chi connectivity index (χ4n) is 3.14. The summed E-state index contributed by atoms with van der Waals surface area (Å²) in [6.45, 7) is 4.06. The number of carbonyl (C=O) groups excluding carboxylic acids is 1. The van der Waals surface area contributed by atoms with Gasteiger partial charge in [-0.05, 0) is 38.0 Å². The highest BCUT2D eigenvalue weighted by Crippen LogP contribution is 2.35. The number of anilines is 2. The van der Waals surface area contributed by atoms with Crippen LogP contribution in [0, 0.1) is 0 Å². The minimum atomic E-state index is -0.863. The van der Waals surface area contributed by atoms with Crippen molar-refractivity contribution < 1.29 is 9.90 Å². The van der Waals surface area contributed by atoms with Crippen LogP contribution >= 0.6 is 22.9 Å². The van der Waals surface area contributed by atoms with E-state index in [1.807, 2.05) is 30.3 Å². The highest BCUT2D eigenvalue weighted by Gasteiger charge is 2.18. The molecule has 0 fully saturated rings. The van der Waals surface area contributed by atoms with Gasteiger partial charge in [0.05, 0.1) is 22.9 Å². The fourth-order valence-corrected chi connectivity index (χ4v) is 4.17. The van der Waals surface area contributed by atoms with Gasteiger partial charge in [0.2, 0.25) is 5.13 Å². The Kier molecular flexibility index (Phi) is 5.69. The van der Waals surface area contributed by atoms with E-state index in [0.29, 0.717) is 33.7 Å². The normalized spacial score (nSPS) is 12.8. The first-order chi connectivity index (χ1) is 14.3. The van der Waals surface area contributed by atoms with Gasteiger partial charge in [-0.25, -0.2) is 0 Å². The lowest BCUT2D eigenvalue weighted by Crippen LogP contribution is -2.19. The summed E-state index contributed by atoms with van der Waals surface area (Å²) in [6, 6.07) is 11.2. The molecule has 1 aliphatic heterocycles. The highest BCUT2D eigenvalue weighted by molar-refractivity contribution is 7.18. The second kappa shape index (κ2) is 8.26. The maximum atomic E-state index is 12.5. The van der Waals surface area contributed by atoms with Crippen molar-refractivity contribution in [3.8, 4) is 10.6 Å². The zero-order valence-corrected chi connectivity index (χ0v) is 18.2. The van der Waals surface area contributed by atoms with Crippen molar-refractivity contribution in [2.45, 2.75) is 38.8 Å². The summed E-state index contributed by atoms with van der Waals surface area (Å²) in [7, 11) is 0. The molecule has 4 rings (SSSR count). The number of fused-ring (bicyclic) bond motifs is 1. The summed E-state index contributed by atoms with van der Waals surface area (Å²) in [4.78, 5) is 16.7. The Hall–Kier alpha value is -2.61. The Bertz CT molecular complexity index is 1130. The van der Waals surface area contributed by atoms with E-state index in [1.54, 1.807) is 26.1 Å². The van der Waals surface area contributed by atoms with Gasteiger partial charge in [0.15, 0.2) is 5.78 Å². The van der Waals surface area contributed by atoms with Crippen LogP contribution in [0.2, 0.25) is 5.02 Å². The molecule has 0 spiro atoms. The minimum absolute atomic E-state index is 0.00609. The number of nitrogens with zero attached hydrogens (tertiary/aromatic N) is 3. The molecule has 0 radical (unpaired) electrons. The zero-order chi connectivity index (χ0) is 21.3. The lowest BCUT2D eigenvalue weighted by Gasteiger charge is -2.15. The molecule has 1 aliphatic rings. The Labute approximate surface area is 183 Å². The monoisotopic (exact) mass is 440 g/mol. The summed E-state index contributed by atoms with van der Waals surface area (Å²) >= 11 is 7.88. The Morgan fingerprint density at radius 1 is 1.27 bits per heavy atom. The van der Waals surface area contributed by atoms with E-state index in [9.17, 15) is 9.90 Å². The quantitative estimate of drug-likeness (QED) is 0.489. The van der Waals surface area contributed by atoms with Gasteiger partial charge in [-0.15, -0.1) is 10.2 Å². The number of hydrogen-bond donors (Lipinski definition) is 2. The smallest absolute Gasteiger partial charge is 0.210 e. The molecule has 0 aliphatic carbocycles. The van der Waals surface area contributed by atoms with Crippen LogP contribution in [0.25, 0.3) is 10.6 Å². The van der Waals surface area contributed by atoms with Crippen molar-refractivity contribution in [3.63, 3.8) is 0 Å². The molecule has 0 unspecified atom stereocenters. The number of halogens is 1. The van der Waals surface area contributed by atoms with E-state index < -0.39 is 5.60 Å². The van der Waals surface area contributed by atoms with Gasteiger partial charge >= 0.3 is 0 Å². The summed E-state index contributed by atoms with van der Waals surface area (Å²) in [5, 5.41) is 23.5. The molecule has 6 nitrogen and oxygen atoms in total. The summed E-state index contributed by atoms with van der Waals surface area (Å²) in [6.07, 6.45) is 2.49. The van der Waals surface area contributed by atoms with Crippen molar-refractivity contribution in [1.29, 1.82) is 0 Å². The molecule has 8 heteroatoms. The van der Waals surface area contributed by atoms with Crippen molar-refractivity contribution in [3.05, 3.63) is 58.1 Å². The number of hydrogen-bond acceptors (Lipinski definition) is 7. The molecule has 0 saturated carbocycles. The van der Waals surface area contributed by atoms with Crippen LogP contribution in [0.4, 0.5) is 10.8 Å². The molecule has 154 valence electrons. The van der Waals surface area contributed by atoms with Crippen LogP contribution in [0.1, 0.15) is 48.2 Å². The van der Waals surface area contributed by atoms with E-state index >= 15 is 0 Å². The fraction of sp³-hybridized carbons (Fsp3) is 0.273. The van der Waals surface area contributed by atoms with E-state index in [0.717, 1.165) is 22.4 Å². The van der Waals surface area contributed by atoms with Crippen LogP contribution in [0.3, 0.4) is 0 Å². The molecule has 2 N–H and O–H groups in total. The summed E-state index contributed by atoms with van der Waals surface area (Å²) in [5.74, 6) is -0.00609. The number of aliphatic imine (C=N–C) groups is 1. The SMILES string of the molecule is CC(C)(O)CCC(=O)c1cccc(-c2nnc(Nc3ccc4c(c3Cl)C=NC4)s2)c1. The molecule has 0 atom stereocenters. The molecule has 3 aromatic rings. The first kappa shape index (κ1) is 20.7. The molecule has 30 heavy (non-hydrogen) atoms. The number of rotatable bonds is 7. The van der Waals surface area contributed by atoms with Crippen molar-refractivity contribution >= 4 is 45.8 Å². The van der Waals surface area contributed by atoms with Gasteiger partial charge in [0, 0.05) is 29.3 Å². The lowest BCUT2D eigenvalue weighted by atomic mass is 9.97. The average Bonchev–Trinajstić information content (AvgIpc) is 3.38. The van der Waals surface area contributed by atoms with Crippen molar-refractivity contribution in [1.82, 2.24) is 10.2 Å². The van der Waals surface area contributed by atoms with Gasteiger partial charge in [0.25, 0.3) is 0 Å². The zero-order valence-electron chi connectivity index (χ0n) is 16.6. The van der Waals surface area contributed by atoms with Crippen molar-refractivity contribution in [2.75, 3.05) is 5.32 Å². The predicted octanol–water partition coefficient (Wildman–Crippen LogP) is 5.27. The number of aromatic nitrogens is 2. The van der Waals surface area contributed by atoms with Crippen molar-refractivity contribution in [2.24, 2.45) is 4.99 Å². The van der Waals surface area contributed by atoms with E-state index in [-0.39, 0.29) is 12.2 Å². The van der Waals surface area contributed by atoms with Gasteiger partial charge < -0.3 is 10.4 Å². The molecular formula is C22H21ClN4O2S. The summed E-state index contributed by atoms with van der Waals surface area (Å²) < 4.78 is 0. The third-order valence-corrected chi connectivity index (χ3v) is 6.11. The van der Waals surface area contributed by atoms with Crippen LogP contribution in [-0.4, -0.2) is 32.9 Å². The second-order valence-electron chi connectivity index (χ2n) is 7.82. The maximum absolute atomic E-state index is 12.5. The maximum Gasteiger partial charge on any atom is 0.210 e. The number of ketones is 1. The van der Waals surface area contributed by atoms with Crippen LogP contribution in [0.5, 0.6) is 0 Å². The van der Waals surface area contributed by atoms with E-state index in [1.165, 1.54) is 11.3 Å². The third kappa shape index (κ3) is 4.59. The average molecular weight is 441 g/mol. The third-order valence-electron chi connectivity index (χ3n) is 4.81. The standard InChI is InChI=1S/C22H21ClN4O2S/c1-22(2,29)9-8-18(28)13-4-3-5-14(10-13)20-26-27-21(30-20)25-17-7-6-15-11-24-12-16(15)19(17)23/h3-7,10,12,29H,8-9,11H2,1-2H3,(H,25,27). The number of nitrogens with one attached hydrogen (secondary N) is 1. The molecule has 1 aromatic heterocycles. The molecular weight excluding hydrogens is 420 g/mol. The largest absolute Gasteiger partial charge is 0.390 e. The lowest BCUT2D eigenvalue weighted by molar-refractivity contribution is 0.0633. The van der Waals surface area contributed by atoms with Gasteiger partial charge in [-0.2, -0.15) is 0 Å². The summed E-state index contributed by atoms with van der Waals surface area (Å²) in [5.41, 5.74) is 3.35. The first-order valence-corrected chi connectivity index (χ1v) is 10.8. The number of benzene rings is 2. The van der Waals surface area contributed by atoms with E-state index in [4.69, 9.17) is 11.6 Å². The molecule has 2 heterocycles. The Balaban J connectivity index is 1.51. The molecule has 0 saturated heterocycles. The number of Topliss-reactive ketones (excluding diaryl/α,β-unsaturated/α-hetero) is 1. The van der Waals surface area contributed by atoms with Crippen LogP contribution in [0.15, 0.2) is 41.4 Å². The first-order valence-electron chi connectivity index (χ1n) is 9.58. The molecule has 0 bridgehead atoms. The number of aliphatic hydroxyl groups is 1. The Morgan fingerprint density at radius 2 is 2.10 bits per heavy atom. The van der Waals surface area contributed by atoms with Gasteiger partial charge in [-0.3, -0.25) is 9.79 Å². The van der Waals surface area contributed by atoms with E-state index in [2.05, 4.69) is 20.5 Å². The highest BCUT2D eigenvalue weighted by atomic mass is 35.5. The topological polar surface area (TPSA) is 87.5 Å².